The van der Waals surface area contributed by atoms with E-state index in [4.69, 9.17) is 4.74 Å². The average Bonchev–Trinajstić information content (AvgIpc) is 3.20. The maximum absolute atomic E-state index is 5.71. The summed E-state index contributed by atoms with van der Waals surface area (Å²) in [6.07, 6.45) is 2.76. The molecule has 1 fully saturated rings. The topological polar surface area (TPSA) is 24.5 Å². The molecule has 0 aromatic heterocycles. The van der Waals surface area contributed by atoms with Crippen LogP contribution in [0, 0.1) is 0 Å². The van der Waals surface area contributed by atoms with E-state index in [0.717, 1.165) is 31.5 Å². The average molecular weight is 260 g/mol. The Bertz CT molecular complexity index is 431. The van der Waals surface area contributed by atoms with E-state index in [1.54, 1.807) is 0 Å². The second kappa shape index (κ2) is 5.51. The Kier molecular flexibility index (Phi) is 3.76. The van der Waals surface area contributed by atoms with Gasteiger partial charge in [-0.15, -0.1) is 0 Å². The van der Waals surface area contributed by atoms with Gasteiger partial charge in [0.15, 0.2) is 0 Å². The van der Waals surface area contributed by atoms with Crippen LogP contribution < -0.4 is 10.1 Å². The van der Waals surface area contributed by atoms with Gasteiger partial charge in [-0.05, 0) is 32.9 Å². The molecule has 3 heteroatoms. The van der Waals surface area contributed by atoms with E-state index in [0.29, 0.717) is 12.0 Å². The molecule has 0 bridgehead atoms. The van der Waals surface area contributed by atoms with E-state index in [2.05, 4.69) is 42.4 Å². The van der Waals surface area contributed by atoms with Gasteiger partial charge in [0, 0.05) is 36.7 Å². The fourth-order valence-electron chi connectivity index (χ4n) is 2.85. The maximum atomic E-state index is 5.71. The van der Waals surface area contributed by atoms with Crippen LogP contribution in [0.1, 0.15) is 31.2 Å². The number of fused-ring (bicyclic) bond motifs is 1. The summed E-state index contributed by atoms with van der Waals surface area (Å²) in [7, 11) is 2.25. The molecule has 3 rings (SSSR count). The van der Waals surface area contributed by atoms with Crippen molar-refractivity contribution in [1.82, 2.24) is 10.2 Å². The second-order valence-electron chi connectivity index (χ2n) is 5.95. The Morgan fingerprint density at radius 1 is 1.37 bits per heavy atom. The van der Waals surface area contributed by atoms with Crippen molar-refractivity contribution in [2.75, 3.05) is 26.7 Å². The summed E-state index contributed by atoms with van der Waals surface area (Å²) >= 11 is 0. The van der Waals surface area contributed by atoms with E-state index in [1.807, 2.05) is 6.07 Å². The first kappa shape index (κ1) is 12.9. The number of nitrogens with zero attached hydrogens (tertiary/aromatic N) is 1. The first-order valence-electron chi connectivity index (χ1n) is 7.40. The molecule has 104 valence electrons. The van der Waals surface area contributed by atoms with Crippen LogP contribution in [-0.4, -0.2) is 43.7 Å². The van der Waals surface area contributed by atoms with Gasteiger partial charge in [0.1, 0.15) is 5.75 Å². The number of likely N-dealkylation sites (N-methyl/N-ethyl adjacent to an activating group) is 1. The highest BCUT2D eigenvalue weighted by Crippen LogP contribution is 2.32. The molecule has 1 heterocycles. The minimum absolute atomic E-state index is 0.509. The standard InChI is InChI=1S/C16H24N2O/c1-12(18(2)14-7-8-14)9-17-10-13-11-19-16-6-4-3-5-15(13)16/h3-6,12-14,17H,7-11H2,1-2H3. The molecule has 1 N–H and O–H groups in total. The van der Waals surface area contributed by atoms with E-state index < -0.39 is 0 Å². The lowest BCUT2D eigenvalue weighted by atomic mass is 10.0. The van der Waals surface area contributed by atoms with Crippen LogP contribution in [0.4, 0.5) is 0 Å². The summed E-state index contributed by atoms with van der Waals surface area (Å²) in [5, 5.41) is 3.61. The van der Waals surface area contributed by atoms with Crippen molar-refractivity contribution in [2.45, 2.75) is 37.8 Å². The van der Waals surface area contributed by atoms with Crippen LogP contribution in [0.15, 0.2) is 24.3 Å². The number of rotatable bonds is 6. The van der Waals surface area contributed by atoms with Crippen molar-refractivity contribution in [3.05, 3.63) is 29.8 Å². The Hall–Kier alpha value is -1.06. The zero-order valence-corrected chi connectivity index (χ0v) is 11.9. The summed E-state index contributed by atoms with van der Waals surface area (Å²) in [5.41, 5.74) is 1.36. The van der Waals surface area contributed by atoms with Gasteiger partial charge in [-0.2, -0.15) is 0 Å². The minimum atomic E-state index is 0.509. The molecule has 1 aromatic rings. The zero-order valence-electron chi connectivity index (χ0n) is 11.9. The Morgan fingerprint density at radius 3 is 2.95 bits per heavy atom. The number of ether oxygens (including phenoxy) is 1. The summed E-state index contributed by atoms with van der Waals surface area (Å²) in [5.74, 6) is 1.58. The highest BCUT2D eigenvalue weighted by Gasteiger charge is 2.29. The SMILES string of the molecule is CC(CNCC1COc2ccccc21)N(C)C1CC1. The maximum Gasteiger partial charge on any atom is 0.122 e. The molecule has 3 nitrogen and oxygen atoms in total. The van der Waals surface area contributed by atoms with Crippen LogP contribution in [0.5, 0.6) is 5.75 Å². The van der Waals surface area contributed by atoms with Gasteiger partial charge in [-0.25, -0.2) is 0 Å². The highest BCUT2D eigenvalue weighted by molar-refractivity contribution is 5.39. The fraction of sp³-hybridized carbons (Fsp3) is 0.625. The summed E-state index contributed by atoms with van der Waals surface area (Å²) < 4.78 is 5.71. The molecular formula is C16H24N2O. The van der Waals surface area contributed by atoms with E-state index >= 15 is 0 Å². The molecule has 2 aliphatic rings. The Balaban J connectivity index is 1.46. The first-order chi connectivity index (χ1) is 9.25. The molecule has 1 saturated carbocycles. The van der Waals surface area contributed by atoms with Gasteiger partial charge in [0.2, 0.25) is 0 Å². The predicted octanol–water partition coefficient (Wildman–Crippen LogP) is 2.23. The number of benzene rings is 1. The molecule has 0 saturated heterocycles. The number of nitrogens with one attached hydrogen (secondary N) is 1. The molecule has 1 aliphatic carbocycles. The van der Waals surface area contributed by atoms with Crippen LogP contribution in [0.25, 0.3) is 0 Å². The molecule has 1 aliphatic heterocycles. The van der Waals surface area contributed by atoms with Crippen LogP contribution in [0.2, 0.25) is 0 Å². The van der Waals surface area contributed by atoms with Gasteiger partial charge in [0.05, 0.1) is 6.61 Å². The van der Waals surface area contributed by atoms with Crippen LogP contribution in [-0.2, 0) is 0 Å². The predicted molar refractivity (Wildman–Crippen MR) is 77.8 cm³/mol. The fourth-order valence-corrected chi connectivity index (χ4v) is 2.85. The molecule has 1 aromatic carbocycles. The third-order valence-corrected chi connectivity index (χ3v) is 4.45. The Labute approximate surface area is 115 Å². The molecular weight excluding hydrogens is 236 g/mol. The molecule has 2 atom stereocenters. The van der Waals surface area contributed by atoms with Gasteiger partial charge in [-0.1, -0.05) is 18.2 Å². The molecule has 2 unspecified atom stereocenters. The summed E-state index contributed by atoms with van der Waals surface area (Å²) in [6.45, 7) is 5.20. The minimum Gasteiger partial charge on any atom is -0.493 e. The van der Waals surface area contributed by atoms with Crippen molar-refractivity contribution >= 4 is 0 Å². The largest absolute Gasteiger partial charge is 0.493 e. The summed E-state index contributed by atoms with van der Waals surface area (Å²) in [6, 6.07) is 9.86. The van der Waals surface area contributed by atoms with E-state index in [-0.39, 0.29) is 0 Å². The second-order valence-corrected chi connectivity index (χ2v) is 5.95. The van der Waals surface area contributed by atoms with Crippen molar-refractivity contribution in [2.24, 2.45) is 0 Å². The van der Waals surface area contributed by atoms with Crippen LogP contribution >= 0.6 is 0 Å². The lowest BCUT2D eigenvalue weighted by Crippen LogP contribution is -2.40. The zero-order chi connectivity index (χ0) is 13.2. The number of hydrogen-bond donors (Lipinski definition) is 1. The Morgan fingerprint density at radius 2 is 2.16 bits per heavy atom. The van der Waals surface area contributed by atoms with E-state index in [9.17, 15) is 0 Å². The van der Waals surface area contributed by atoms with Gasteiger partial charge >= 0.3 is 0 Å². The summed E-state index contributed by atoms with van der Waals surface area (Å²) in [4.78, 5) is 2.51. The quantitative estimate of drug-likeness (QED) is 0.849. The normalized spacial score (nSPS) is 23.2. The molecule has 0 amide bonds. The lowest BCUT2D eigenvalue weighted by molar-refractivity contribution is 0.238. The van der Waals surface area contributed by atoms with Gasteiger partial charge in [0.25, 0.3) is 0 Å². The highest BCUT2D eigenvalue weighted by atomic mass is 16.5. The van der Waals surface area contributed by atoms with Crippen molar-refractivity contribution in [3.63, 3.8) is 0 Å². The number of para-hydroxylation sites is 1. The van der Waals surface area contributed by atoms with Crippen molar-refractivity contribution < 1.29 is 4.74 Å². The van der Waals surface area contributed by atoms with Crippen molar-refractivity contribution in [3.8, 4) is 5.75 Å². The van der Waals surface area contributed by atoms with Crippen molar-refractivity contribution in [1.29, 1.82) is 0 Å². The number of hydrogen-bond acceptors (Lipinski definition) is 3. The molecule has 19 heavy (non-hydrogen) atoms. The molecule has 0 radical (unpaired) electrons. The first-order valence-corrected chi connectivity index (χ1v) is 7.40. The molecule has 0 spiro atoms. The van der Waals surface area contributed by atoms with E-state index in [1.165, 1.54) is 18.4 Å². The monoisotopic (exact) mass is 260 g/mol. The van der Waals surface area contributed by atoms with Gasteiger partial charge in [-0.3, -0.25) is 4.90 Å². The third kappa shape index (κ3) is 2.93. The third-order valence-electron chi connectivity index (χ3n) is 4.45. The van der Waals surface area contributed by atoms with Crippen LogP contribution in [0.3, 0.4) is 0 Å². The smallest absolute Gasteiger partial charge is 0.122 e. The lowest BCUT2D eigenvalue weighted by Gasteiger charge is -2.25. The van der Waals surface area contributed by atoms with Gasteiger partial charge < -0.3 is 10.1 Å².